The zero-order chi connectivity index (χ0) is 14.1. The molecule has 0 atom stereocenters. The third-order valence-electron chi connectivity index (χ3n) is 4.80. The number of hydrogen-bond acceptors (Lipinski definition) is 0. The van der Waals surface area contributed by atoms with Crippen molar-refractivity contribution in [3.8, 4) is 0 Å². The van der Waals surface area contributed by atoms with E-state index in [-0.39, 0.29) is 44.0 Å². The van der Waals surface area contributed by atoms with Crippen LogP contribution in [0.25, 0.3) is 0 Å². The number of benzene rings is 1. The smallest absolute Gasteiger partial charge is 0.358 e. The van der Waals surface area contributed by atoms with Crippen molar-refractivity contribution in [3.05, 3.63) is 79.9 Å². The van der Waals surface area contributed by atoms with Crippen LogP contribution in [0, 0.1) is 43.1 Å². The van der Waals surface area contributed by atoms with Gasteiger partial charge in [0, 0.05) is 0 Å². The Morgan fingerprint density at radius 2 is 1.67 bits per heavy atom. The van der Waals surface area contributed by atoms with E-state index >= 15 is 0 Å². The number of hydrogen-bond donors (Lipinski definition) is 0. The van der Waals surface area contributed by atoms with Crippen molar-refractivity contribution in [1.29, 1.82) is 0 Å². The summed E-state index contributed by atoms with van der Waals surface area (Å²) in [5.74, 6) is 0. The molecule has 0 nitrogen and oxygen atoms in total. The van der Waals surface area contributed by atoms with Crippen LogP contribution in [0.15, 0.2) is 24.3 Å². The number of aryl methyl sites for hydroxylation is 3. The standard InChI is InChI=1S/C19H23Si.3CH3.Ti/c1-13-7-6-10-19(15(13)3)20-12-18-14(2)11-16-8-4-5-9-17(16)18;;;;/h6-7,10-11H,4-5,8-9,12H2,1-3H3;3*1H3;/q4*-1;+4. The molecule has 0 saturated carbocycles. The summed E-state index contributed by atoms with van der Waals surface area (Å²) in [6.45, 7) is 6.80. The first-order chi connectivity index (χ1) is 9.66. The van der Waals surface area contributed by atoms with Gasteiger partial charge >= 0.3 is 21.7 Å². The second kappa shape index (κ2) is 11.2. The zero-order valence-electron chi connectivity index (χ0n) is 16.3. The van der Waals surface area contributed by atoms with Crippen molar-refractivity contribution in [2.75, 3.05) is 0 Å². The summed E-state index contributed by atoms with van der Waals surface area (Å²) < 4.78 is 0. The van der Waals surface area contributed by atoms with Gasteiger partial charge in [-0.3, -0.25) is 0 Å². The van der Waals surface area contributed by atoms with Gasteiger partial charge in [-0.1, -0.05) is 62.0 Å². The van der Waals surface area contributed by atoms with Crippen molar-refractivity contribution in [2.45, 2.75) is 52.5 Å². The van der Waals surface area contributed by atoms with E-state index < -0.39 is 0 Å². The Kier molecular flexibility index (Phi) is 12.0. The van der Waals surface area contributed by atoms with Crippen LogP contribution in [0.3, 0.4) is 0 Å². The summed E-state index contributed by atoms with van der Waals surface area (Å²) in [7, 11) is 0.912. The van der Waals surface area contributed by atoms with Crippen molar-refractivity contribution in [2.24, 2.45) is 0 Å². The molecule has 0 amide bonds. The molecule has 0 bridgehead atoms. The molecule has 24 heavy (non-hydrogen) atoms. The van der Waals surface area contributed by atoms with Crippen LogP contribution >= 0.6 is 0 Å². The molecule has 128 valence electrons. The van der Waals surface area contributed by atoms with Crippen LogP contribution in [-0.4, -0.2) is 9.52 Å². The maximum absolute atomic E-state index is 2.46. The minimum absolute atomic E-state index is 0. The maximum atomic E-state index is 2.46. The normalized spacial score (nSPS) is 12.0. The third-order valence-corrected chi connectivity index (χ3v) is 6.25. The first-order valence-electron chi connectivity index (χ1n) is 7.74. The zero-order valence-corrected chi connectivity index (χ0v) is 18.9. The molecule has 2 radical (unpaired) electrons. The summed E-state index contributed by atoms with van der Waals surface area (Å²) >= 11 is 0. The Hall–Kier alpha value is -0.499. The maximum Gasteiger partial charge on any atom is 4.00 e. The molecule has 1 aliphatic rings. The summed E-state index contributed by atoms with van der Waals surface area (Å²) in [4.78, 5) is 0. The summed E-state index contributed by atoms with van der Waals surface area (Å²) in [6, 6.07) is 10.4. The van der Waals surface area contributed by atoms with E-state index in [2.05, 4.69) is 45.0 Å². The van der Waals surface area contributed by atoms with E-state index in [0.717, 1.165) is 9.52 Å². The van der Waals surface area contributed by atoms with Gasteiger partial charge in [-0.15, -0.1) is 0 Å². The van der Waals surface area contributed by atoms with Crippen LogP contribution in [-0.2, 0) is 40.6 Å². The molecule has 0 unspecified atom stereocenters. The van der Waals surface area contributed by atoms with E-state index in [0.29, 0.717) is 0 Å². The van der Waals surface area contributed by atoms with Crippen molar-refractivity contribution in [1.82, 2.24) is 0 Å². The number of rotatable bonds is 3. The van der Waals surface area contributed by atoms with Gasteiger partial charge in [-0.25, -0.2) is 6.07 Å². The fourth-order valence-electron chi connectivity index (χ4n) is 3.39. The van der Waals surface area contributed by atoms with Gasteiger partial charge in [-0.05, 0) is 25.0 Å². The molecule has 1 aliphatic carbocycles. The van der Waals surface area contributed by atoms with Gasteiger partial charge in [0.05, 0.1) is 9.52 Å². The third kappa shape index (κ3) is 5.25. The molecule has 0 N–H and O–H groups in total. The van der Waals surface area contributed by atoms with E-state index in [1.165, 1.54) is 48.4 Å². The SMILES string of the molecule is Cc1cccc([Si]C[c-]2c(C)cc3c2CCCC3)c1C.[CH3-].[CH3-].[CH3-].[Ti+4]. The molecule has 3 rings (SSSR count). The largest absolute Gasteiger partial charge is 4.00 e. The van der Waals surface area contributed by atoms with E-state index in [1.54, 1.807) is 21.9 Å². The Labute approximate surface area is 168 Å². The molecule has 0 aromatic heterocycles. The van der Waals surface area contributed by atoms with Gasteiger partial charge < -0.3 is 22.3 Å². The van der Waals surface area contributed by atoms with Gasteiger partial charge in [0.2, 0.25) is 0 Å². The molecule has 2 aromatic carbocycles. The second-order valence-corrected chi connectivity index (χ2v) is 7.36. The molecule has 2 heteroatoms. The van der Waals surface area contributed by atoms with E-state index in [1.807, 2.05) is 0 Å². The van der Waals surface area contributed by atoms with Gasteiger partial charge in [0.15, 0.2) is 0 Å². The van der Waals surface area contributed by atoms with Crippen LogP contribution < -0.4 is 5.19 Å². The average Bonchev–Trinajstić information content (AvgIpc) is 2.76. The summed E-state index contributed by atoms with van der Waals surface area (Å²) in [5.41, 5.74) is 9.47. The fraction of sp³-hybridized carbons (Fsp3) is 0.364. The average molecular weight is 372 g/mol. The first kappa shape index (κ1) is 25.7. The Bertz CT molecular complexity index is 625. The molecular formula is C22H32SiTi. The van der Waals surface area contributed by atoms with Crippen molar-refractivity contribution in [3.63, 3.8) is 0 Å². The summed E-state index contributed by atoms with van der Waals surface area (Å²) in [6.07, 6.45) is 5.39. The molecule has 0 saturated heterocycles. The molecule has 0 fully saturated rings. The minimum atomic E-state index is 0. The topological polar surface area (TPSA) is 0 Å². The molecule has 0 spiro atoms. The molecule has 0 heterocycles. The van der Waals surface area contributed by atoms with Gasteiger partial charge in [0.25, 0.3) is 0 Å². The molecule has 2 aromatic rings. The quantitative estimate of drug-likeness (QED) is 0.520. The van der Waals surface area contributed by atoms with Crippen molar-refractivity contribution < 1.29 is 21.7 Å². The Balaban J connectivity index is 0. The van der Waals surface area contributed by atoms with Crippen LogP contribution in [0.2, 0.25) is 0 Å². The minimum Gasteiger partial charge on any atom is -0.358 e. The first-order valence-corrected chi connectivity index (χ1v) is 8.94. The van der Waals surface area contributed by atoms with Crippen LogP contribution in [0.4, 0.5) is 0 Å². The van der Waals surface area contributed by atoms with Gasteiger partial charge in [-0.2, -0.15) is 22.3 Å². The van der Waals surface area contributed by atoms with E-state index in [4.69, 9.17) is 0 Å². The van der Waals surface area contributed by atoms with E-state index in [9.17, 15) is 0 Å². The second-order valence-electron chi connectivity index (χ2n) is 6.12. The van der Waals surface area contributed by atoms with Crippen LogP contribution in [0.5, 0.6) is 0 Å². The molecule has 0 aliphatic heterocycles. The predicted molar refractivity (Wildman–Crippen MR) is 108 cm³/mol. The summed E-state index contributed by atoms with van der Waals surface area (Å²) in [5, 5.41) is 1.55. The van der Waals surface area contributed by atoms with Crippen LogP contribution in [0.1, 0.15) is 46.2 Å². The van der Waals surface area contributed by atoms with Gasteiger partial charge in [0.1, 0.15) is 0 Å². The van der Waals surface area contributed by atoms with Crippen molar-refractivity contribution >= 4 is 14.7 Å². The Morgan fingerprint density at radius 1 is 1.00 bits per heavy atom. The Morgan fingerprint density at radius 3 is 2.38 bits per heavy atom. The molecular weight excluding hydrogens is 340 g/mol. The fourth-order valence-corrected chi connectivity index (χ4v) is 4.93. The number of fused-ring (bicyclic) bond motifs is 1. The monoisotopic (exact) mass is 372 g/mol. The predicted octanol–water partition coefficient (Wildman–Crippen LogP) is 5.09.